The molecule has 1 fully saturated rings. The molecule has 0 radical (unpaired) electrons. The van der Waals surface area contributed by atoms with E-state index in [0.29, 0.717) is 6.54 Å². The molecule has 4 nitrogen and oxygen atoms in total. The molecule has 0 saturated carbocycles. The zero-order chi connectivity index (χ0) is 19.9. The number of benzene rings is 2. The SMILES string of the molecule is C/C(=C\C(=O)NCC(c1ccccc1Cl)N1CCN(C)CC1)c1ccccc1. The van der Waals surface area contributed by atoms with Crippen molar-refractivity contribution >= 4 is 23.1 Å². The number of halogens is 1. The molecule has 1 aliphatic heterocycles. The number of carbonyl (C=O) groups is 1. The van der Waals surface area contributed by atoms with E-state index in [4.69, 9.17) is 11.6 Å². The fourth-order valence-corrected chi connectivity index (χ4v) is 3.81. The highest BCUT2D eigenvalue weighted by Gasteiger charge is 2.25. The Morgan fingerprint density at radius 2 is 1.71 bits per heavy atom. The summed E-state index contributed by atoms with van der Waals surface area (Å²) in [5.41, 5.74) is 3.07. The molecule has 1 N–H and O–H groups in total. The van der Waals surface area contributed by atoms with Gasteiger partial charge in [-0.2, -0.15) is 0 Å². The monoisotopic (exact) mass is 397 g/mol. The van der Waals surface area contributed by atoms with Gasteiger partial charge in [-0.3, -0.25) is 9.69 Å². The Morgan fingerprint density at radius 1 is 1.07 bits per heavy atom. The summed E-state index contributed by atoms with van der Waals surface area (Å²) in [5.74, 6) is -0.0764. The summed E-state index contributed by atoms with van der Waals surface area (Å²) in [7, 11) is 2.14. The van der Waals surface area contributed by atoms with Gasteiger partial charge in [-0.05, 0) is 36.7 Å². The zero-order valence-electron chi connectivity index (χ0n) is 16.6. The highest BCUT2D eigenvalue weighted by molar-refractivity contribution is 6.31. The lowest BCUT2D eigenvalue weighted by molar-refractivity contribution is -0.116. The Morgan fingerprint density at radius 3 is 2.39 bits per heavy atom. The standard InChI is InChI=1S/C23H28ClN3O/c1-18(19-8-4-3-5-9-19)16-23(28)25-17-22(20-10-6-7-11-21(20)24)27-14-12-26(2)13-15-27/h3-11,16,22H,12-15,17H2,1-2H3,(H,25,28)/b18-16+. The Hall–Kier alpha value is -2.14. The van der Waals surface area contributed by atoms with E-state index in [0.717, 1.165) is 47.9 Å². The van der Waals surface area contributed by atoms with Crippen LogP contribution in [0, 0.1) is 0 Å². The minimum absolute atomic E-state index is 0.0665. The van der Waals surface area contributed by atoms with Crippen molar-refractivity contribution < 1.29 is 4.79 Å². The van der Waals surface area contributed by atoms with Gasteiger partial charge >= 0.3 is 0 Å². The summed E-state index contributed by atoms with van der Waals surface area (Å²) in [5, 5.41) is 3.84. The van der Waals surface area contributed by atoms with E-state index in [9.17, 15) is 4.79 Å². The average Bonchev–Trinajstić information content (AvgIpc) is 2.71. The maximum absolute atomic E-state index is 12.5. The minimum atomic E-state index is -0.0764. The third kappa shape index (κ3) is 5.44. The molecule has 0 spiro atoms. The van der Waals surface area contributed by atoms with Gasteiger partial charge < -0.3 is 10.2 Å². The van der Waals surface area contributed by atoms with E-state index in [1.807, 2.05) is 55.5 Å². The number of piperazine rings is 1. The Bertz CT molecular complexity index is 814. The van der Waals surface area contributed by atoms with Gasteiger partial charge in [0.2, 0.25) is 5.91 Å². The van der Waals surface area contributed by atoms with Crippen LogP contribution in [-0.4, -0.2) is 55.5 Å². The van der Waals surface area contributed by atoms with Crippen LogP contribution >= 0.6 is 11.6 Å². The van der Waals surface area contributed by atoms with Crippen LogP contribution in [0.2, 0.25) is 5.02 Å². The number of nitrogens with one attached hydrogen (secondary N) is 1. The molecule has 1 aliphatic rings. The zero-order valence-corrected chi connectivity index (χ0v) is 17.3. The molecule has 5 heteroatoms. The van der Waals surface area contributed by atoms with Crippen LogP contribution < -0.4 is 5.32 Å². The van der Waals surface area contributed by atoms with Gasteiger partial charge in [-0.15, -0.1) is 0 Å². The predicted molar refractivity (Wildman–Crippen MR) is 116 cm³/mol. The molecule has 148 valence electrons. The molecule has 3 rings (SSSR count). The number of hydrogen-bond donors (Lipinski definition) is 1. The van der Waals surface area contributed by atoms with Crippen LogP contribution in [-0.2, 0) is 4.79 Å². The summed E-state index contributed by atoms with van der Waals surface area (Å²) in [6.07, 6.45) is 1.67. The lowest BCUT2D eigenvalue weighted by Gasteiger charge is -2.38. The molecule has 0 aromatic heterocycles. The number of hydrogen-bond acceptors (Lipinski definition) is 3. The van der Waals surface area contributed by atoms with Crippen molar-refractivity contribution in [3.05, 3.63) is 76.8 Å². The Kier molecular flexibility index (Phi) is 7.26. The second-order valence-corrected chi connectivity index (χ2v) is 7.72. The second kappa shape index (κ2) is 9.87. The van der Waals surface area contributed by atoms with Crippen molar-refractivity contribution in [1.29, 1.82) is 0 Å². The molecular formula is C23H28ClN3O. The number of carbonyl (C=O) groups excluding carboxylic acids is 1. The van der Waals surface area contributed by atoms with Crippen LogP contribution in [0.15, 0.2) is 60.7 Å². The van der Waals surface area contributed by atoms with E-state index >= 15 is 0 Å². The van der Waals surface area contributed by atoms with Crippen molar-refractivity contribution in [2.45, 2.75) is 13.0 Å². The van der Waals surface area contributed by atoms with Gasteiger partial charge in [0.1, 0.15) is 0 Å². The molecule has 1 amide bonds. The second-order valence-electron chi connectivity index (χ2n) is 7.32. The summed E-state index contributed by atoms with van der Waals surface area (Å²) < 4.78 is 0. The predicted octanol–water partition coefficient (Wildman–Crippen LogP) is 3.85. The van der Waals surface area contributed by atoms with Crippen molar-refractivity contribution in [2.24, 2.45) is 0 Å². The first-order valence-corrected chi connectivity index (χ1v) is 10.1. The lowest BCUT2D eigenvalue weighted by Crippen LogP contribution is -2.48. The topological polar surface area (TPSA) is 35.6 Å². The Labute approximate surface area is 172 Å². The van der Waals surface area contributed by atoms with Gasteiger partial charge in [0.15, 0.2) is 0 Å². The van der Waals surface area contributed by atoms with E-state index in [1.165, 1.54) is 0 Å². The third-order valence-electron chi connectivity index (χ3n) is 5.29. The molecule has 1 heterocycles. The van der Waals surface area contributed by atoms with Gasteiger partial charge in [0.25, 0.3) is 0 Å². The number of nitrogens with zero attached hydrogens (tertiary/aromatic N) is 2. The largest absolute Gasteiger partial charge is 0.351 e. The quantitative estimate of drug-likeness (QED) is 0.752. The molecule has 1 saturated heterocycles. The van der Waals surface area contributed by atoms with Crippen LogP contribution in [0.5, 0.6) is 0 Å². The molecule has 2 aromatic rings. The van der Waals surface area contributed by atoms with Crippen LogP contribution in [0.4, 0.5) is 0 Å². The summed E-state index contributed by atoms with van der Waals surface area (Å²) in [4.78, 5) is 17.3. The molecular weight excluding hydrogens is 370 g/mol. The molecule has 1 atom stereocenters. The van der Waals surface area contributed by atoms with E-state index < -0.39 is 0 Å². The first kappa shape index (κ1) is 20.6. The first-order chi connectivity index (χ1) is 13.5. The van der Waals surface area contributed by atoms with Gasteiger partial charge in [-0.25, -0.2) is 0 Å². The number of likely N-dealkylation sites (N-methyl/N-ethyl adjacent to an activating group) is 1. The number of allylic oxidation sites excluding steroid dienone is 1. The summed E-state index contributed by atoms with van der Waals surface area (Å²) in [6, 6.07) is 17.9. The number of rotatable bonds is 6. The molecule has 0 bridgehead atoms. The smallest absolute Gasteiger partial charge is 0.244 e. The molecule has 1 unspecified atom stereocenters. The maximum Gasteiger partial charge on any atom is 0.244 e. The van der Waals surface area contributed by atoms with Gasteiger partial charge in [0.05, 0.1) is 6.04 Å². The van der Waals surface area contributed by atoms with E-state index in [-0.39, 0.29) is 11.9 Å². The molecule has 28 heavy (non-hydrogen) atoms. The maximum atomic E-state index is 12.5. The van der Waals surface area contributed by atoms with Gasteiger partial charge in [-0.1, -0.05) is 60.1 Å². The highest BCUT2D eigenvalue weighted by Crippen LogP contribution is 2.28. The normalized spacial score (nSPS) is 17.3. The molecule has 2 aromatic carbocycles. The van der Waals surface area contributed by atoms with E-state index in [2.05, 4.69) is 28.2 Å². The lowest BCUT2D eigenvalue weighted by atomic mass is 10.0. The minimum Gasteiger partial charge on any atom is -0.351 e. The van der Waals surface area contributed by atoms with Crippen molar-refractivity contribution in [3.63, 3.8) is 0 Å². The molecule has 0 aliphatic carbocycles. The summed E-state index contributed by atoms with van der Waals surface area (Å²) >= 11 is 6.48. The van der Waals surface area contributed by atoms with Crippen molar-refractivity contribution in [3.8, 4) is 0 Å². The van der Waals surface area contributed by atoms with Crippen LogP contribution in [0.1, 0.15) is 24.1 Å². The number of amides is 1. The fourth-order valence-electron chi connectivity index (χ4n) is 3.54. The van der Waals surface area contributed by atoms with E-state index in [1.54, 1.807) is 6.08 Å². The Balaban J connectivity index is 1.71. The first-order valence-electron chi connectivity index (χ1n) is 9.73. The van der Waals surface area contributed by atoms with Crippen molar-refractivity contribution in [1.82, 2.24) is 15.1 Å². The highest BCUT2D eigenvalue weighted by atomic mass is 35.5. The summed E-state index contributed by atoms with van der Waals surface area (Å²) in [6.45, 7) is 6.44. The van der Waals surface area contributed by atoms with Crippen LogP contribution in [0.25, 0.3) is 5.57 Å². The van der Waals surface area contributed by atoms with Crippen molar-refractivity contribution in [2.75, 3.05) is 39.8 Å². The average molecular weight is 398 g/mol. The third-order valence-corrected chi connectivity index (χ3v) is 5.63. The van der Waals surface area contributed by atoms with Crippen LogP contribution in [0.3, 0.4) is 0 Å². The van der Waals surface area contributed by atoms with Gasteiger partial charge in [0, 0.05) is 43.8 Å². The fraction of sp³-hybridized carbons (Fsp3) is 0.348.